The van der Waals surface area contributed by atoms with Gasteiger partial charge in [0.05, 0.1) is 29.8 Å². The molecule has 3 aromatic rings. The molecule has 0 spiro atoms. The van der Waals surface area contributed by atoms with Crippen LogP contribution >= 0.6 is 23.2 Å². The number of methoxy groups -OCH3 is 2. The van der Waals surface area contributed by atoms with Crippen LogP contribution in [-0.2, 0) is 4.79 Å². The Kier molecular flexibility index (Phi) is 7.59. The number of carbonyl (C=O) groups is 1. The number of ketones is 1. The Morgan fingerprint density at radius 3 is 2.66 bits per heavy atom. The van der Waals surface area contributed by atoms with E-state index in [0.717, 1.165) is 13.0 Å². The number of hydrogen-bond donors (Lipinski definition) is 2. The molecule has 2 N–H and O–H groups in total. The smallest absolute Gasteiger partial charge is 0.363 e. The first kappa shape index (κ1) is 25.0. The highest BCUT2D eigenvalue weighted by atomic mass is 35.5. The lowest BCUT2D eigenvalue weighted by Gasteiger charge is -2.32. The second kappa shape index (κ2) is 10.6. The molecule has 4 rings (SSSR count). The van der Waals surface area contributed by atoms with Crippen LogP contribution in [0.4, 0.5) is 5.95 Å². The van der Waals surface area contributed by atoms with E-state index in [1.165, 1.54) is 26.5 Å². The van der Waals surface area contributed by atoms with Crippen LogP contribution in [0.1, 0.15) is 12.8 Å². The van der Waals surface area contributed by atoms with Gasteiger partial charge in [0, 0.05) is 36.7 Å². The fraction of sp³-hybridized carbons (Fsp3) is 0.333. The summed E-state index contributed by atoms with van der Waals surface area (Å²) in [4.78, 5) is 33.5. The number of nitrogens with one attached hydrogen (secondary N) is 2. The highest BCUT2D eigenvalue weighted by molar-refractivity contribution is 6.41. The van der Waals surface area contributed by atoms with Gasteiger partial charge in [-0.3, -0.25) is 4.79 Å². The lowest BCUT2D eigenvalue weighted by atomic mass is 9.88. The van der Waals surface area contributed by atoms with E-state index in [1.54, 1.807) is 12.1 Å². The number of rotatable bonds is 8. The normalized spacial score (nSPS) is 17.7. The molecule has 0 aliphatic carbocycles. The first-order valence-corrected chi connectivity index (χ1v) is 11.7. The molecule has 1 fully saturated rings. The zero-order chi connectivity index (χ0) is 25.1. The number of ether oxygens (including phenoxy) is 2. The van der Waals surface area contributed by atoms with Gasteiger partial charge < -0.3 is 24.5 Å². The summed E-state index contributed by atoms with van der Waals surface area (Å²) in [6, 6.07) is 3.04. The maximum absolute atomic E-state index is 12.9. The van der Waals surface area contributed by atoms with Gasteiger partial charge in [-0.1, -0.05) is 29.8 Å². The summed E-state index contributed by atoms with van der Waals surface area (Å²) in [6.07, 6.45) is 4.06. The minimum Gasteiger partial charge on any atom is -0.495 e. The zero-order valence-electron chi connectivity index (χ0n) is 19.2. The van der Waals surface area contributed by atoms with Crippen molar-refractivity contribution in [2.24, 2.45) is 5.92 Å². The molecular formula is C24H24Cl2N4O5. The number of nitrogens with zero attached hydrogens (tertiary/aromatic N) is 2. The van der Waals surface area contributed by atoms with Crippen molar-refractivity contribution in [2.45, 2.75) is 18.9 Å². The average molecular weight is 519 g/mol. The van der Waals surface area contributed by atoms with Crippen LogP contribution in [0.3, 0.4) is 0 Å². The number of carbonyl (C=O) groups excluding carboxylic acids is 1. The Bertz CT molecular complexity index is 1320. The third-order valence-corrected chi connectivity index (χ3v) is 6.70. The molecule has 0 amide bonds. The van der Waals surface area contributed by atoms with Gasteiger partial charge in [-0.25, -0.2) is 14.8 Å². The molecule has 0 saturated carbocycles. The van der Waals surface area contributed by atoms with Crippen molar-refractivity contribution in [3.05, 3.63) is 51.4 Å². The van der Waals surface area contributed by atoms with E-state index in [1.807, 2.05) is 0 Å². The van der Waals surface area contributed by atoms with Crippen molar-refractivity contribution in [1.82, 2.24) is 15.3 Å². The van der Waals surface area contributed by atoms with Gasteiger partial charge in [0.2, 0.25) is 5.95 Å². The summed E-state index contributed by atoms with van der Waals surface area (Å²) in [5.74, 6) is 1.09. The molecule has 9 nitrogen and oxygen atoms in total. The number of anilines is 1. The third-order valence-electron chi connectivity index (χ3n) is 5.95. The van der Waals surface area contributed by atoms with Gasteiger partial charge in [-0.05, 0) is 31.0 Å². The SMILES string of the molecule is C=CC(=O)C[C@H]1CCNC[C@H]1Nc1ncc2cc(-c3c(Cl)c(OC)cc(OC)c3Cl)oc(=O)c2n1. The molecule has 2 aromatic heterocycles. The molecule has 0 bridgehead atoms. The quantitative estimate of drug-likeness (QED) is 0.424. The number of allylic oxidation sites excluding steroid dienone is 1. The Balaban J connectivity index is 1.69. The molecule has 2 atom stereocenters. The summed E-state index contributed by atoms with van der Waals surface area (Å²) in [5.41, 5.74) is -0.332. The number of aromatic nitrogens is 2. The van der Waals surface area contributed by atoms with Crippen LogP contribution in [-0.4, -0.2) is 49.1 Å². The minimum absolute atomic E-state index is 0.0113. The summed E-state index contributed by atoms with van der Waals surface area (Å²) >= 11 is 12.9. The standard InChI is InChI=1S/C24H24Cl2N4O5/c1-4-14(31)7-12-5-6-27-11-15(12)29-24-28-10-13-8-16(35-23(32)22(13)30-24)19-20(25)17(33-2)9-18(34-3)21(19)26/h4,8-10,12,15,27H,1,5-7,11H2,2-3H3,(H,28,29,30)/t12-,15-/m1/s1. The average Bonchev–Trinajstić information content (AvgIpc) is 2.86. The Hall–Kier alpha value is -3.14. The summed E-state index contributed by atoms with van der Waals surface area (Å²) in [6.45, 7) is 5.01. The summed E-state index contributed by atoms with van der Waals surface area (Å²) in [7, 11) is 2.91. The van der Waals surface area contributed by atoms with Gasteiger partial charge in [-0.15, -0.1) is 0 Å². The monoisotopic (exact) mass is 518 g/mol. The highest BCUT2D eigenvalue weighted by Crippen LogP contribution is 2.46. The van der Waals surface area contributed by atoms with Gasteiger partial charge in [0.25, 0.3) is 0 Å². The van der Waals surface area contributed by atoms with Crippen LogP contribution < -0.4 is 25.7 Å². The largest absolute Gasteiger partial charge is 0.495 e. The number of hydrogen-bond acceptors (Lipinski definition) is 9. The lowest BCUT2D eigenvalue weighted by molar-refractivity contribution is -0.115. The Morgan fingerprint density at radius 1 is 1.29 bits per heavy atom. The van der Waals surface area contributed by atoms with Crippen molar-refractivity contribution in [3.63, 3.8) is 0 Å². The predicted molar refractivity (Wildman–Crippen MR) is 135 cm³/mol. The van der Waals surface area contributed by atoms with Crippen molar-refractivity contribution in [2.75, 3.05) is 32.6 Å². The van der Waals surface area contributed by atoms with E-state index in [9.17, 15) is 9.59 Å². The molecule has 1 aromatic carbocycles. The fourth-order valence-electron chi connectivity index (χ4n) is 4.11. The molecule has 1 aliphatic rings. The molecule has 0 radical (unpaired) electrons. The van der Waals surface area contributed by atoms with Crippen molar-refractivity contribution >= 4 is 45.8 Å². The van der Waals surface area contributed by atoms with Crippen LogP contribution in [0.25, 0.3) is 22.2 Å². The minimum atomic E-state index is -0.683. The van der Waals surface area contributed by atoms with E-state index in [2.05, 4.69) is 27.2 Å². The summed E-state index contributed by atoms with van der Waals surface area (Å²) < 4.78 is 16.1. The molecule has 184 valence electrons. The molecule has 1 aliphatic heterocycles. The Morgan fingerprint density at radius 2 is 2.00 bits per heavy atom. The molecule has 1 saturated heterocycles. The molecule has 35 heavy (non-hydrogen) atoms. The van der Waals surface area contributed by atoms with E-state index in [-0.39, 0.29) is 50.6 Å². The molecule has 0 unspecified atom stereocenters. The van der Waals surface area contributed by atoms with Gasteiger partial charge >= 0.3 is 5.63 Å². The number of halogens is 2. The number of benzene rings is 1. The van der Waals surface area contributed by atoms with Gasteiger partial charge in [0.1, 0.15) is 17.3 Å². The third kappa shape index (κ3) is 5.12. The second-order valence-corrected chi connectivity index (χ2v) is 8.81. The Labute approximate surface area is 211 Å². The van der Waals surface area contributed by atoms with Gasteiger partial charge in [-0.2, -0.15) is 0 Å². The topological polar surface area (TPSA) is 116 Å². The zero-order valence-corrected chi connectivity index (χ0v) is 20.7. The van der Waals surface area contributed by atoms with Crippen molar-refractivity contribution in [1.29, 1.82) is 0 Å². The number of fused-ring (bicyclic) bond motifs is 1. The van der Waals surface area contributed by atoms with E-state index in [0.29, 0.717) is 29.9 Å². The first-order valence-electron chi connectivity index (χ1n) is 10.9. The van der Waals surface area contributed by atoms with E-state index >= 15 is 0 Å². The van der Waals surface area contributed by atoms with E-state index < -0.39 is 5.63 Å². The van der Waals surface area contributed by atoms with Crippen LogP contribution in [0.2, 0.25) is 10.0 Å². The maximum atomic E-state index is 12.9. The second-order valence-electron chi connectivity index (χ2n) is 8.06. The van der Waals surface area contributed by atoms with Crippen molar-refractivity contribution < 1.29 is 18.7 Å². The molecule has 11 heteroatoms. The fourth-order valence-corrected chi connectivity index (χ4v) is 4.79. The molecular weight excluding hydrogens is 495 g/mol. The van der Waals surface area contributed by atoms with Crippen molar-refractivity contribution in [3.8, 4) is 22.8 Å². The molecule has 3 heterocycles. The number of piperidine rings is 1. The van der Waals surface area contributed by atoms with Gasteiger partial charge in [0.15, 0.2) is 11.3 Å². The highest BCUT2D eigenvalue weighted by Gasteiger charge is 2.27. The maximum Gasteiger partial charge on any atom is 0.363 e. The van der Waals surface area contributed by atoms with Crippen LogP contribution in [0.15, 0.2) is 40.2 Å². The summed E-state index contributed by atoms with van der Waals surface area (Å²) in [5, 5.41) is 7.33. The van der Waals surface area contributed by atoms with E-state index in [4.69, 9.17) is 37.1 Å². The lowest BCUT2D eigenvalue weighted by Crippen LogP contribution is -2.46. The first-order chi connectivity index (χ1) is 16.9. The predicted octanol–water partition coefficient (Wildman–Crippen LogP) is 4.11. The van der Waals surface area contributed by atoms with Crippen LogP contribution in [0, 0.1) is 5.92 Å². The van der Waals surface area contributed by atoms with Crippen LogP contribution in [0.5, 0.6) is 11.5 Å².